The van der Waals surface area contributed by atoms with Gasteiger partial charge in [0.1, 0.15) is 22.9 Å². The summed E-state index contributed by atoms with van der Waals surface area (Å²) in [5.74, 6) is -0.101. The number of ketones is 1. The zero-order valence-corrected chi connectivity index (χ0v) is 15.3. The second kappa shape index (κ2) is 5.75. The molecule has 136 valence electrons. The molecule has 25 heavy (non-hydrogen) atoms. The van der Waals surface area contributed by atoms with E-state index in [9.17, 15) is 19.8 Å². The first kappa shape index (κ1) is 17.8. The molecule has 0 radical (unpaired) electrons. The fraction of sp³-hybridized carbons (Fsp3) is 0.600. The first-order valence-electron chi connectivity index (χ1n) is 8.91. The Morgan fingerprint density at radius 2 is 2.08 bits per heavy atom. The molecule has 2 N–H and O–H groups in total. The highest BCUT2D eigenvalue weighted by Gasteiger charge is 2.48. The lowest BCUT2D eigenvalue weighted by atomic mass is 9.66. The number of rotatable bonds is 3. The van der Waals surface area contributed by atoms with Crippen LogP contribution in [0.1, 0.15) is 70.4 Å². The van der Waals surface area contributed by atoms with Crippen LogP contribution in [0.4, 0.5) is 0 Å². The Morgan fingerprint density at radius 3 is 2.68 bits per heavy atom. The van der Waals surface area contributed by atoms with Crippen molar-refractivity contribution >= 4 is 11.8 Å². The first-order chi connectivity index (χ1) is 11.6. The van der Waals surface area contributed by atoms with Gasteiger partial charge in [-0.2, -0.15) is 0 Å². The summed E-state index contributed by atoms with van der Waals surface area (Å²) in [7, 11) is 0. The van der Waals surface area contributed by atoms with Crippen molar-refractivity contribution in [3.8, 4) is 11.5 Å². The largest absolute Gasteiger partial charge is 0.508 e. The average Bonchev–Trinajstić information content (AvgIpc) is 2.52. The van der Waals surface area contributed by atoms with E-state index >= 15 is 0 Å². The zero-order chi connectivity index (χ0) is 18.6. The number of carbonyl (C=O) groups excluding carboxylic acids is 1. The standard InChI is InChI=1S/C20H26O5/c1-5-20(4,18(23)24)11-8-15(22)17-13-10-12(21)6-7-14(13)19(2,3)25-16(17)9-11/h8-9,13-14,22H,5-7,10H2,1-4H3,(H,23,24)/t13-,14-,20?/m1/s1. The van der Waals surface area contributed by atoms with Gasteiger partial charge in [-0.25, -0.2) is 0 Å². The highest BCUT2D eigenvalue weighted by molar-refractivity contribution is 5.82. The fourth-order valence-electron chi connectivity index (χ4n) is 4.37. The molecule has 0 aromatic heterocycles. The van der Waals surface area contributed by atoms with Crippen molar-refractivity contribution in [2.45, 2.75) is 70.3 Å². The second-order valence-corrected chi connectivity index (χ2v) is 8.10. The predicted molar refractivity (Wildman–Crippen MR) is 93.2 cm³/mol. The smallest absolute Gasteiger partial charge is 0.313 e. The number of benzene rings is 1. The number of carboxylic acid groups (broad SMARTS) is 1. The van der Waals surface area contributed by atoms with Crippen LogP contribution in [0.15, 0.2) is 12.1 Å². The van der Waals surface area contributed by atoms with Crippen LogP contribution in [0.2, 0.25) is 0 Å². The first-order valence-corrected chi connectivity index (χ1v) is 8.91. The van der Waals surface area contributed by atoms with E-state index in [1.807, 2.05) is 20.8 Å². The number of hydrogen-bond donors (Lipinski definition) is 2. The molecule has 1 aliphatic heterocycles. The van der Waals surface area contributed by atoms with Crippen LogP contribution < -0.4 is 4.74 Å². The van der Waals surface area contributed by atoms with Crippen molar-refractivity contribution in [2.24, 2.45) is 5.92 Å². The topological polar surface area (TPSA) is 83.8 Å². The molecule has 0 spiro atoms. The van der Waals surface area contributed by atoms with E-state index in [4.69, 9.17) is 4.74 Å². The molecule has 1 aromatic rings. The van der Waals surface area contributed by atoms with E-state index in [1.165, 1.54) is 6.07 Å². The van der Waals surface area contributed by atoms with Crippen molar-refractivity contribution in [3.05, 3.63) is 23.3 Å². The molecule has 5 nitrogen and oxygen atoms in total. The van der Waals surface area contributed by atoms with Gasteiger partial charge in [0, 0.05) is 30.2 Å². The molecule has 1 aliphatic carbocycles. The van der Waals surface area contributed by atoms with E-state index in [2.05, 4.69) is 0 Å². The van der Waals surface area contributed by atoms with E-state index in [0.717, 1.165) is 6.42 Å². The maximum Gasteiger partial charge on any atom is 0.313 e. The van der Waals surface area contributed by atoms with E-state index < -0.39 is 17.0 Å². The summed E-state index contributed by atoms with van der Waals surface area (Å²) < 4.78 is 6.20. The summed E-state index contributed by atoms with van der Waals surface area (Å²) in [5, 5.41) is 20.3. The third kappa shape index (κ3) is 2.70. The van der Waals surface area contributed by atoms with Gasteiger partial charge >= 0.3 is 5.97 Å². The maximum atomic E-state index is 12.0. The van der Waals surface area contributed by atoms with Crippen LogP contribution in [0.3, 0.4) is 0 Å². The Hall–Kier alpha value is -2.04. The van der Waals surface area contributed by atoms with Crippen LogP contribution in [-0.4, -0.2) is 27.6 Å². The summed E-state index contributed by atoms with van der Waals surface area (Å²) >= 11 is 0. The maximum absolute atomic E-state index is 12.0. The molecule has 0 saturated heterocycles. The molecule has 1 aromatic carbocycles. The van der Waals surface area contributed by atoms with Gasteiger partial charge in [0.2, 0.25) is 0 Å². The summed E-state index contributed by atoms with van der Waals surface area (Å²) in [6.07, 6.45) is 2.10. The summed E-state index contributed by atoms with van der Waals surface area (Å²) in [6, 6.07) is 3.28. The molecule has 3 rings (SSSR count). The minimum atomic E-state index is -1.10. The summed E-state index contributed by atoms with van der Waals surface area (Å²) in [6.45, 7) is 7.47. The van der Waals surface area contributed by atoms with Crippen LogP contribution in [0.25, 0.3) is 0 Å². The lowest BCUT2D eigenvalue weighted by molar-refractivity contribution is -0.143. The lowest BCUT2D eigenvalue weighted by Crippen LogP contribution is -2.47. The monoisotopic (exact) mass is 346 g/mol. The molecule has 3 atom stereocenters. The normalized spacial score (nSPS) is 26.8. The number of Topliss-reactive ketones (excluding diaryl/α,β-unsaturated/α-hetero) is 1. The number of aromatic hydroxyl groups is 1. The molecule has 1 saturated carbocycles. The number of phenolic OH excluding ortho intramolecular Hbond substituents is 1. The van der Waals surface area contributed by atoms with Gasteiger partial charge in [-0.05, 0) is 51.3 Å². The van der Waals surface area contributed by atoms with Crippen molar-refractivity contribution in [3.63, 3.8) is 0 Å². The number of hydrogen-bond acceptors (Lipinski definition) is 4. The molecule has 1 unspecified atom stereocenters. The number of carboxylic acids is 1. The van der Waals surface area contributed by atoms with Gasteiger partial charge < -0.3 is 14.9 Å². The van der Waals surface area contributed by atoms with Gasteiger partial charge in [0.25, 0.3) is 0 Å². The number of fused-ring (bicyclic) bond motifs is 3. The van der Waals surface area contributed by atoms with Crippen molar-refractivity contribution in [1.29, 1.82) is 0 Å². The minimum Gasteiger partial charge on any atom is -0.508 e. The summed E-state index contributed by atoms with van der Waals surface area (Å²) in [5.41, 5.74) is -0.380. The van der Waals surface area contributed by atoms with Gasteiger partial charge in [-0.1, -0.05) is 6.92 Å². The predicted octanol–water partition coefficient (Wildman–Crippen LogP) is 3.77. The van der Waals surface area contributed by atoms with Crippen LogP contribution in [-0.2, 0) is 15.0 Å². The van der Waals surface area contributed by atoms with E-state index in [0.29, 0.717) is 36.1 Å². The molecule has 5 heteroatoms. The third-order valence-electron chi connectivity index (χ3n) is 6.24. The Kier molecular flexibility index (Phi) is 4.09. The molecule has 0 bridgehead atoms. The Bertz CT molecular complexity index is 736. The SMILES string of the molecule is CCC(C)(C(=O)O)c1cc(O)c2c(c1)OC(C)(C)[C@@H]1CCC(=O)C[C@@H]21. The van der Waals surface area contributed by atoms with Crippen molar-refractivity contribution < 1.29 is 24.5 Å². The second-order valence-electron chi connectivity index (χ2n) is 8.10. The average molecular weight is 346 g/mol. The number of phenols is 1. The minimum absolute atomic E-state index is 0.0358. The van der Waals surface area contributed by atoms with Gasteiger partial charge in [-0.15, -0.1) is 0 Å². The zero-order valence-electron chi connectivity index (χ0n) is 15.3. The lowest BCUT2D eigenvalue weighted by Gasteiger charge is -2.47. The molecule has 1 fully saturated rings. The Balaban J connectivity index is 2.15. The number of aliphatic carboxylic acids is 1. The van der Waals surface area contributed by atoms with Gasteiger partial charge in [0.05, 0.1) is 5.41 Å². The highest BCUT2D eigenvalue weighted by Crippen LogP contribution is 2.54. The van der Waals surface area contributed by atoms with E-state index in [-0.39, 0.29) is 23.4 Å². The number of carbonyl (C=O) groups is 2. The quantitative estimate of drug-likeness (QED) is 0.870. The van der Waals surface area contributed by atoms with Gasteiger partial charge in [-0.3, -0.25) is 9.59 Å². The molecular formula is C20H26O5. The van der Waals surface area contributed by atoms with E-state index in [1.54, 1.807) is 13.0 Å². The molecular weight excluding hydrogens is 320 g/mol. The highest BCUT2D eigenvalue weighted by atomic mass is 16.5. The van der Waals surface area contributed by atoms with Gasteiger partial charge in [0.15, 0.2) is 0 Å². The Labute approximate surface area is 148 Å². The van der Waals surface area contributed by atoms with Crippen LogP contribution in [0, 0.1) is 5.92 Å². The van der Waals surface area contributed by atoms with Crippen molar-refractivity contribution in [1.82, 2.24) is 0 Å². The fourth-order valence-corrected chi connectivity index (χ4v) is 4.37. The molecule has 2 aliphatic rings. The molecule has 0 amide bonds. The number of ether oxygens (including phenoxy) is 1. The summed E-state index contributed by atoms with van der Waals surface area (Å²) in [4.78, 5) is 23.8. The third-order valence-corrected chi connectivity index (χ3v) is 6.24. The molecule has 1 heterocycles. The van der Waals surface area contributed by atoms with Crippen LogP contribution in [0.5, 0.6) is 11.5 Å². The van der Waals surface area contributed by atoms with Crippen molar-refractivity contribution in [2.75, 3.05) is 0 Å². The Morgan fingerprint density at radius 1 is 1.40 bits per heavy atom. The van der Waals surface area contributed by atoms with Crippen LogP contribution >= 0.6 is 0 Å².